The second kappa shape index (κ2) is 4.66. The third-order valence-electron chi connectivity index (χ3n) is 6.19. The highest BCUT2D eigenvalue weighted by Crippen LogP contribution is 2.37. The molecule has 0 amide bonds. The van der Waals surface area contributed by atoms with Crippen LogP contribution in [-0.2, 0) is 0 Å². The molecule has 1 aliphatic rings. The van der Waals surface area contributed by atoms with E-state index >= 15 is 0 Å². The normalized spacial score (nSPS) is 14.8. The number of rotatable bonds is 0. The number of para-hydroxylation sites is 1. The molecule has 0 saturated heterocycles. The molecule has 1 nitrogen and oxygen atoms in total. The van der Waals surface area contributed by atoms with Gasteiger partial charge in [-0.25, -0.2) is 0 Å². The molecule has 1 aliphatic heterocycles. The maximum atomic E-state index is 3.58. The van der Waals surface area contributed by atoms with Crippen molar-refractivity contribution in [2.45, 2.75) is 13.1 Å². The van der Waals surface area contributed by atoms with Gasteiger partial charge in [-0.15, -0.1) is 0 Å². The average molecular weight is 350 g/mol. The molecule has 2 heterocycles. The van der Waals surface area contributed by atoms with Crippen LogP contribution in [0, 0.1) is 0 Å². The number of aromatic amines is 1. The molecule has 4 aromatic carbocycles. The Labute approximate surface area is 153 Å². The Morgan fingerprint density at radius 3 is 2.38 bits per heavy atom. The van der Waals surface area contributed by atoms with Gasteiger partial charge in [0, 0.05) is 21.8 Å². The van der Waals surface area contributed by atoms with Crippen LogP contribution in [0.1, 0.15) is 0 Å². The van der Waals surface area contributed by atoms with Gasteiger partial charge in [0.1, 0.15) is 8.07 Å². The van der Waals surface area contributed by atoms with E-state index in [1.165, 1.54) is 43.7 Å². The first-order chi connectivity index (χ1) is 12.6. The van der Waals surface area contributed by atoms with Gasteiger partial charge in [0.15, 0.2) is 0 Å². The summed E-state index contributed by atoms with van der Waals surface area (Å²) in [4.78, 5) is 3.58. The van der Waals surface area contributed by atoms with Crippen LogP contribution in [0.3, 0.4) is 0 Å². The van der Waals surface area contributed by atoms with Crippen LogP contribution >= 0.6 is 0 Å². The van der Waals surface area contributed by atoms with Gasteiger partial charge in [-0.2, -0.15) is 0 Å². The largest absolute Gasteiger partial charge is 0.354 e. The van der Waals surface area contributed by atoms with Crippen molar-refractivity contribution < 1.29 is 0 Å². The Bertz CT molecular complexity index is 1360. The van der Waals surface area contributed by atoms with Gasteiger partial charge in [0.25, 0.3) is 0 Å². The van der Waals surface area contributed by atoms with Crippen LogP contribution in [0.4, 0.5) is 0 Å². The van der Waals surface area contributed by atoms with Gasteiger partial charge in [-0.05, 0) is 50.5 Å². The van der Waals surface area contributed by atoms with Crippen LogP contribution in [-0.4, -0.2) is 13.1 Å². The Balaban J connectivity index is 1.82. The molecular weight excluding hydrogens is 330 g/mol. The minimum absolute atomic E-state index is 1.21. The Hall–Kier alpha value is -2.84. The average Bonchev–Trinajstić information content (AvgIpc) is 3.13. The molecule has 0 spiro atoms. The number of H-pyrrole nitrogens is 1. The number of nitrogens with one attached hydrogen (secondary N) is 1. The van der Waals surface area contributed by atoms with Gasteiger partial charge >= 0.3 is 0 Å². The van der Waals surface area contributed by atoms with Crippen LogP contribution in [0.25, 0.3) is 43.7 Å². The summed E-state index contributed by atoms with van der Waals surface area (Å²) in [5.41, 5.74) is 5.36. The summed E-state index contributed by atoms with van der Waals surface area (Å²) in [5.74, 6) is 0. The maximum absolute atomic E-state index is 3.58. The van der Waals surface area contributed by atoms with Gasteiger partial charge in [-0.3, -0.25) is 0 Å². The molecule has 124 valence electrons. The van der Waals surface area contributed by atoms with Crippen LogP contribution < -0.4 is 10.4 Å². The van der Waals surface area contributed by atoms with E-state index in [-0.39, 0.29) is 0 Å². The zero-order valence-electron chi connectivity index (χ0n) is 14.9. The second-order valence-corrected chi connectivity index (χ2v) is 12.3. The summed E-state index contributed by atoms with van der Waals surface area (Å²) in [7, 11) is -1.61. The highest BCUT2D eigenvalue weighted by atomic mass is 28.3. The van der Waals surface area contributed by atoms with Crippen molar-refractivity contribution in [3.63, 3.8) is 0 Å². The molecule has 1 N–H and O–H groups in total. The van der Waals surface area contributed by atoms with Gasteiger partial charge in [-0.1, -0.05) is 67.7 Å². The zero-order valence-corrected chi connectivity index (χ0v) is 15.9. The third kappa shape index (κ3) is 1.65. The first-order valence-corrected chi connectivity index (χ1v) is 12.2. The molecule has 6 rings (SSSR count). The summed E-state index contributed by atoms with van der Waals surface area (Å²) in [6.45, 7) is 4.96. The van der Waals surface area contributed by atoms with Crippen molar-refractivity contribution >= 4 is 51.0 Å². The Morgan fingerprint density at radius 1 is 0.654 bits per heavy atom. The lowest BCUT2D eigenvalue weighted by Gasteiger charge is -2.18. The lowest BCUT2D eigenvalue weighted by molar-refractivity contribution is 1.55. The number of benzene rings is 4. The topological polar surface area (TPSA) is 15.8 Å². The lowest BCUT2D eigenvalue weighted by Crippen LogP contribution is -2.49. The Kier molecular flexibility index (Phi) is 2.57. The zero-order chi connectivity index (χ0) is 17.5. The molecule has 5 aromatic rings. The van der Waals surface area contributed by atoms with Gasteiger partial charge < -0.3 is 4.98 Å². The second-order valence-electron chi connectivity index (χ2n) is 7.95. The standard InChI is InChI=1S/C24H19NSi/c1-26(2)22-10-6-4-8-17(22)24-18-14-19-16-7-3-5-9-20(16)25-21(19)13-15(18)11-12-23(24)26/h3-14,25H,1-2H3. The van der Waals surface area contributed by atoms with E-state index in [1.807, 2.05) is 0 Å². The van der Waals surface area contributed by atoms with Gasteiger partial charge in [0.2, 0.25) is 0 Å². The smallest absolute Gasteiger partial charge is 0.113 e. The van der Waals surface area contributed by atoms with E-state index in [1.54, 1.807) is 10.4 Å². The number of fused-ring (bicyclic) bond motifs is 8. The van der Waals surface area contributed by atoms with Crippen molar-refractivity contribution in [3.8, 4) is 11.1 Å². The molecule has 0 atom stereocenters. The highest BCUT2D eigenvalue weighted by Gasteiger charge is 2.37. The van der Waals surface area contributed by atoms with E-state index in [9.17, 15) is 0 Å². The maximum Gasteiger partial charge on any atom is 0.113 e. The first-order valence-electron chi connectivity index (χ1n) is 9.22. The molecule has 0 unspecified atom stereocenters. The molecule has 2 heteroatoms. The van der Waals surface area contributed by atoms with Crippen molar-refractivity contribution in [1.82, 2.24) is 4.98 Å². The van der Waals surface area contributed by atoms with E-state index < -0.39 is 8.07 Å². The number of hydrogen-bond donors (Lipinski definition) is 1. The third-order valence-corrected chi connectivity index (χ3v) is 9.73. The monoisotopic (exact) mass is 349 g/mol. The molecule has 0 bridgehead atoms. The summed E-state index contributed by atoms with van der Waals surface area (Å²) in [6.07, 6.45) is 0. The summed E-state index contributed by atoms with van der Waals surface area (Å²) in [6, 6.07) is 27.1. The summed E-state index contributed by atoms with van der Waals surface area (Å²) in [5, 5.41) is 8.50. The molecule has 1 aromatic heterocycles. The molecule has 0 radical (unpaired) electrons. The molecule has 0 aliphatic carbocycles. The van der Waals surface area contributed by atoms with Crippen molar-refractivity contribution in [2.75, 3.05) is 0 Å². The van der Waals surface area contributed by atoms with Crippen molar-refractivity contribution in [1.29, 1.82) is 0 Å². The molecular formula is C24H19NSi. The van der Waals surface area contributed by atoms with E-state index in [2.05, 4.69) is 90.9 Å². The predicted octanol–water partition coefficient (Wildman–Crippen LogP) is 5.28. The van der Waals surface area contributed by atoms with Crippen LogP contribution in [0.5, 0.6) is 0 Å². The molecule has 0 fully saturated rings. The van der Waals surface area contributed by atoms with E-state index in [0.717, 1.165) is 0 Å². The van der Waals surface area contributed by atoms with Crippen molar-refractivity contribution in [2.24, 2.45) is 0 Å². The van der Waals surface area contributed by atoms with Crippen LogP contribution in [0.2, 0.25) is 13.1 Å². The summed E-state index contributed by atoms with van der Waals surface area (Å²) >= 11 is 0. The SMILES string of the molecule is C[Si]1(C)c2ccccc2-c2c1ccc1cc3[nH]c4ccccc4c3cc21. The molecule has 26 heavy (non-hydrogen) atoms. The fraction of sp³-hybridized carbons (Fsp3) is 0.0833. The predicted molar refractivity (Wildman–Crippen MR) is 115 cm³/mol. The highest BCUT2D eigenvalue weighted by molar-refractivity contribution is 7.04. The lowest BCUT2D eigenvalue weighted by atomic mass is 9.97. The number of aromatic nitrogens is 1. The fourth-order valence-corrected chi connectivity index (χ4v) is 7.95. The number of hydrogen-bond acceptors (Lipinski definition) is 0. The van der Waals surface area contributed by atoms with Crippen LogP contribution in [0.15, 0.2) is 72.8 Å². The quantitative estimate of drug-likeness (QED) is 0.366. The van der Waals surface area contributed by atoms with E-state index in [0.29, 0.717) is 0 Å². The molecule has 0 saturated carbocycles. The van der Waals surface area contributed by atoms with Gasteiger partial charge in [0.05, 0.1) is 0 Å². The van der Waals surface area contributed by atoms with Crippen molar-refractivity contribution in [3.05, 3.63) is 72.8 Å². The summed E-state index contributed by atoms with van der Waals surface area (Å²) < 4.78 is 0. The van der Waals surface area contributed by atoms with E-state index in [4.69, 9.17) is 0 Å². The minimum Gasteiger partial charge on any atom is -0.354 e. The fourth-order valence-electron chi connectivity index (χ4n) is 4.87. The Morgan fingerprint density at radius 2 is 1.46 bits per heavy atom. The minimum atomic E-state index is -1.61. The first kappa shape index (κ1) is 14.3.